The molecular weight excluding hydrogens is 300 g/mol. The van der Waals surface area contributed by atoms with E-state index in [-0.39, 0.29) is 11.8 Å². The van der Waals surface area contributed by atoms with Gasteiger partial charge < -0.3 is 10.6 Å². The Morgan fingerprint density at radius 2 is 1.17 bits per heavy atom. The molecule has 128 valence electrons. The normalized spacial score (nSPS) is 10.6. The SMILES string of the molecule is CCCCC(=O)Nc1cccc2c(NC(=O)CCCC)cccc12. The van der Waals surface area contributed by atoms with E-state index in [1.807, 2.05) is 36.4 Å². The van der Waals surface area contributed by atoms with Gasteiger partial charge in [0.25, 0.3) is 0 Å². The maximum absolute atomic E-state index is 12.0. The molecule has 0 saturated heterocycles. The Morgan fingerprint density at radius 1 is 0.750 bits per heavy atom. The van der Waals surface area contributed by atoms with Gasteiger partial charge in [0.05, 0.1) is 0 Å². The number of benzene rings is 2. The van der Waals surface area contributed by atoms with Gasteiger partial charge in [-0.2, -0.15) is 0 Å². The van der Waals surface area contributed by atoms with Gasteiger partial charge in [-0.05, 0) is 25.0 Å². The van der Waals surface area contributed by atoms with Gasteiger partial charge in [0.2, 0.25) is 11.8 Å². The number of carbonyl (C=O) groups excluding carboxylic acids is 2. The molecule has 0 fully saturated rings. The second-order valence-electron chi connectivity index (χ2n) is 6.01. The van der Waals surface area contributed by atoms with Crippen LogP contribution in [-0.2, 0) is 9.59 Å². The summed E-state index contributed by atoms with van der Waals surface area (Å²) in [5.41, 5.74) is 1.58. The van der Waals surface area contributed by atoms with Gasteiger partial charge in [0.15, 0.2) is 0 Å². The summed E-state index contributed by atoms with van der Waals surface area (Å²) in [6.45, 7) is 4.14. The number of hydrogen-bond donors (Lipinski definition) is 2. The largest absolute Gasteiger partial charge is 0.326 e. The van der Waals surface area contributed by atoms with Crippen molar-refractivity contribution in [3.05, 3.63) is 36.4 Å². The lowest BCUT2D eigenvalue weighted by molar-refractivity contribution is -0.117. The lowest BCUT2D eigenvalue weighted by Gasteiger charge is -2.12. The summed E-state index contributed by atoms with van der Waals surface area (Å²) in [6.07, 6.45) is 4.82. The van der Waals surface area contributed by atoms with Crippen molar-refractivity contribution in [1.29, 1.82) is 0 Å². The van der Waals surface area contributed by atoms with E-state index in [9.17, 15) is 9.59 Å². The highest BCUT2D eigenvalue weighted by Gasteiger charge is 2.09. The molecule has 4 heteroatoms. The molecule has 2 amide bonds. The first-order valence-corrected chi connectivity index (χ1v) is 8.77. The average molecular weight is 326 g/mol. The third kappa shape index (κ3) is 4.82. The number of hydrogen-bond acceptors (Lipinski definition) is 2. The van der Waals surface area contributed by atoms with E-state index in [1.54, 1.807) is 0 Å². The van der Waals surface area contributed by atoms with Crippen LogP contribution in [0.1, 0.15) is 52.4 Å². The van der Waals surface area contributed by atoms with E-state index < -0.39 is 0 Å². The minimum absolute atomic E-state index is 0.0294. The smallest absolute Gasteiger partial charge is 0.224 e. The van der Waals surface area contributed by atoms with Crippen LogP contribution in [0.3, 0.4) is 0 Å². The van der Waals surface area contributed by atoms with Gasteiger partial charge in [-0.25, -0.2) is 0 Å². The van der Waals surface area contributed by atoms with Gasteiger partial charge in [-0.3, -0.25) is 9.59 Å². The molecule has 0 aliphatic heterocycles. The fraction of sp³-hybridized carbons (Fsp3) is 0.400. The third-order valence-electron chi connectivity index (χ3n) is 3.99. The van der Waals surface area contributed by atoms with Gasteiger partial charge in [-0.15, -0.1) is 0 Å². The predicted molar refractivity (Wildman–Crippen MR) is 100 cm³/mol. The average Bonchev–Trinajstić information content (AvgIpc) is 2.59. The first-order valence-electron chi connectivity index (χ1n) is 8.77. The van der Waals surface area contributed by atoms with E-state index in [2.05, 4.69) is 24.5 Å². The van der Waals surface area contributed by atoms with Crippen molar-refractivity contribution >= 4 is 34.0 Å². The summed E-state index contributed by atoms with van der Waals surface area (Å²) in [5, 5.41) is 7.85. The standard InChI is InChI=1S/C20H26N2O2/c1-3-5-13-19(23)21-17-11-7-10-16-15(17)9-8-12-18(16)22-20(24)14-6-4-2/h7-12H,3-6,13-14H2,1-2H3,(H,21,23)(H,22,24). The summed E-state index contributed by atoms with van der Waals surface area (Å²) in [4.78, 5) is 24.0. The van der Waals surface area contributed by atoms with Crippen molar-refractivity contribution in [2.45, 2.75) is 52.4 Å². The Kier molecular flexibility index (Phi) is 6.79. The molecule has 0 bridgehead atoms. The van der Waals surface area contributed by atoms with Crippen LogP contribution in [0.2, 0.25) is 0 Å². The Labute approximate surface area is 143 Å². The van der Waals surface area contributed by atoms with E-state index in [0.29, 0.717) is 12.8 Å². The zero-order valence-corrected chi connectivity index (χ0v) is 14.5. The van der Waals surface area contributed by atoms with Gasteiger partial charge in [0, 0.05) is 35.0 Å². The van der Waals surface area contributed by atoms with Crippen molar-refractivity contribution in [1.82, 2.24) is 0 Å². The van der Waals surface area contributed by atoms with Crippen LogP contribution in [0, 0.1) is 0 Å². The van der Waals surface area contributed by atoms with E-state index in [4.69, 9.17) is 0 Å². The molecule has 0 aromatic heterocycles. The minimum Gasteiger partial charge on any atom is -0.326 e. The number of anilines is 2. The first-order chi connectivity index (χ1) is 11.7. The molecule has 24 heavy (non-hydrogen) atoms. The zero-order valence-electron chi connectivity index (χ0n) is 14.5. The Balaban J connectivity index is 2.22. The van der Waals surface area contributed by atoms with Crippen molar-refractivity contribution in [3.8, 4) is 0 Å². The first kappa shape index (κ1) is 18.0. The summed E-state index contributed by atoms with van der Waals surface area (Å²) in [5.74, 6) is 0.0588. The Morgan fingerprint density at radius 3 is 1.54 bits per heavy atom. The zero-order chi connectivity index (χ0) is 17.4. The lowest BCUT2D eigenvalue weighted by Crippen LogP contribution is -2.12. The summed E-state index contributed by atoms with van der Waals surface area (Å²) in [7, 11) is 0. The van der Waals surface area contributed by atoms with Gasteiger partial charge >= 0.3 is 0 Å². The molecule has 2 rings (SSSR count). The monoisotopic (exact) mass is 326 g/mol. The Bertz CT molecular complexity index is 649. The number of nitrogens with one attached hydrogen (secondary N) is 2. The molecule has 0 unspecified atom stereocenters. The summed E-state index contributed by atoms with van der Waals surface area (Å²) in [6, 6.07) is 11.5. The molecule has 0 saturated carbocycles. The molecule has 0 atom stereocenters. The molecule has 2 aromatic carbocycles. The molecular formula is C20H26N2O2. The fourth-order valence-corrected chi connectivity index (χ4v) is 2.63. The third-order valence-corrected chi connectivity index (χ3v) is 3.99. The minimum atomic E-state index is 0.0294. The van der Waals surface area contributed by atoms with Crippen LogP contribution in [-0.4, -0.2) is 11.8 Å². The molecule has 2 N–H and O–H groups in total. The molecule has 4 nitrogen and oxygen atoms in total. The molecule has 0 spiro atoms. The molecule has 0 aliphatic carbocycles. The summed E-state index contributed by atoms with van der Waals surface area (Å²) >= 11 is 0. The summed E-state index contributed by atoms with van der Waals surface area (Å²) < 4.78 is 0. The van der Waals surface area contributed by atoms with Crippen LogP contribution in [0.25, 0.3) is 10.8 Å². The maximum atomic E-state index is 12.0. The highest BCUT2D eigenvalue weighted by molar-refractivity contribution is 6.08. The Hall–Kier alpha value is -2.36. The second kappa shape index (κ2) is 9.06. The topological polar surface area (TPSA) is 58.2 Å². The molecule has 2 aromatic rings. The highest BCUT2D eigenvalue weighted by Crippen LogP contribution is 2.29. The molecule has 0 radical (unpaired) electrons. The quantitative estimate of drug-likeness (QED) is 0.709. The number of rotatable bonds is 8. The molecule has 0 heterocycles. The van der Waals surface area contributed by atoms with E-state index in [1.165, 1.54) is 0 Å². The van der Waals surface area contributed by atoms with Gasteiger partial charge in [0.1, 0.15) is 0 Å². The van der Waals surface area contributed by atoms with Crippen LogP contribution in [0.4, 0.5) is 11.4 Å². The van der Waals surface area contributed by atoms with Crippen molar-refractivity contribution in [3.63, 3.8) is 0 Å². The van der Waals surface area contributed by atoms with Crippen molar-refractivity contribution < 1.29 is 9.59 Å². The maximum Gasteiger partial charge on any atom is 0.224 e. The van der Waals surface area contributed by atoms with Crippen LogP contribution < -0.4 is 10.6 Å². The number of unbranched alkanes of at least 4 members (excludes halogenated alkanes) is 2. The fourth-order valence-electron chi connectivity index (χ4n) is 2.63. The van der Waals surface area contributed by atoms with Crippen LogP contribution in [0.15, 0.2) is 36.4 Å². The van der Waals surface area contributed by atoms with Gasteiger partial charge in [-0.1, -0.05) is 51.0 Å². The highest BCUT2D eigenvalue weighted by atomic mass is 16.2. The second-order valence-corrected chi connectivity index (χ2v) is 6.01. The molecule has 0 aliphatic rings. The van der Waals surface area contributed by atoms with Crippen molar-refractivity contribution in [2.75, 3.05) is 10.6 Å². The van der Waals surface area contributed by atoms with E-state index >= 15 is 0 Å². The lowest BCUT2D eigenvalue weighted by atomic mass is 10.1. The van der Waals surface area contributed by atoms with Crippen LogP contribution in [0.5, 0.6) is 0 Å². The number of fused-ring (bicyclic) bond motifs is 1. The van der Waals surface area contributed by atoms with Crippen molar-refractivity contribution in [2.24, 2.45) is 0 Å². The number of carbonyl (C=O) groups is 2. The predicted octanol–water partition coefficient (Wildman–Crippen LogP) is 5.10. The van der Waals surface area contributed by atoms with E-state index in [0.717, 1.165) is 47.8 Å². The number of amides is 2. The van der Waals surface area contributed by atoms with Crippen LogP contribution >= 0.6 is 0 Å².